The van der Waals surface area contributed by atoms with Crippen LogP contribution < -0.4 is 26.2 Å². The smallest absolute Gasteiger partial charge is 0.335 e. The third kappa shape index (κ3) is 6.14. The summed E-state index contributed by atoms with van der Waals surface area (Å²) in [7, 11) is 1.54. The third-order valence-electron chi connectivity index (χ3n) is 6.31. The van der Waals surface area contributed by atoms with E-state index in [1.807, 2.05) is 0 Å². The van der Waals surface area contributed by atoms with Crippen LogP contribution in [0, 0.1) is 17.0 Å². The molecule has 2 heterocycles. The fourth-order valence-electron chi connectivity index (χ4n) is 3.95. The fraction of sp³-hybridized carbons (Fsp3) is 0.172. The van der Waals surface area contributed by atoms with Crippen LogP contribution >= 0.6 is 0 Å². The van der Waals surface area contributed by atoms with Crippen LogP contribution in [0.5, 0.6) is 11.5 Å². The number of amides is 2. The normalized spacial score (nSPS) is 10.7. The quantitative estimate of drug-likeness (QED) is 0.290. The van der Waals surface area contributed by atoms with Gasteiger partial charge >= 0.3 is 5.69 Å². The largest absolute Gasteiger partial charge is 0.452 e. The number of aryl methyl sites for hydroxylation is 1. The van der Waals surface area contributed by atoms with E-state index < -0.39 is 34.4 Å². The molecule has 0 bridgehead atoms. The van der Waals surface area contributed by atoms with Crippen molar-refractivity contribution in [2.24, 2.45) is 0 Å². The van der Waals surface area contributed by atoms with Crippen LogP contribution in [0.2, 0.25) is 0 Å². The van der Waals surface area contributed by atoms with E-state index in [-0.39, 0.29) is 41.7 Å². The summed E-state index contributed by atoms with van der Waals surface area (Å²) in [5, 5.41) is 9.84. The Morgan fingerprint density at radius 3 is 2.43 bits per heavy atom. The summed E-state index contributed by atoms with van der Waals surface area (Å²) in [6, 6.07) is 9.73. The van der Waals surface area contributed by atoms with Crippen LogP contribution in [0.4, 0.5) is 20.2 Å². The minimum Gasteiger partial charge on any atom is -0.452 e. The molecule has 0 spiro atoms. The van der Waals surface area contributed by atoms with E-state index >= 15 is 4.39 Å². The zero-order valence-corrected chi connectivity index (χ0v) is 22.9. The number of hydrogen-bond donors (Lipinski definition) is 2. The number of nitrogens with one attached hydrogen (secondary N) is 2. The monoisotopic (exact) mass is 576 g/mol. The number of rotatable bonds is 9. The second kappa shape index (κ2) is 12.4. The first-order valence-corrected chi connectivity index (χ1v) is 12.7. The van der Waals surface area contributed by atoms with Crippen molar-refractivity contribution in [2.45, 2.75) is 26.8 Å². The van der Waals surface area contributed by atoms with E-state index in [9.17, 15) is 23.6 Å². The molecule has 2 aromatic heterocycles. The molecule has 13 heteroatoms. The van der Waals surface area contributed by atoms with E-state index in [1.54, 1.807) is 14.0 Å². The van der Waals surface area contributed by atoms with Crippen LogP contribution in [0.15, 0.2) is 70.5 Å². The van der Waals surface area contributed by atoms with Gasteiger partial charge in [-0.3, -0.25) is 23.9 Å². The van der Waals surface area contributed by atoms with E-state index in [2.05, 4.69) is 10.3 Å². The zero-order valence-electron chi connectivity index (χ0n) is 22.9. The van der Waals surface area contributed by atoms with Gasteiger partial charge in [-0.1, -0.05) is 0 Å². The number of nitrogens with zero attached hydrogens (tertiary/aromatic N) is 4. The van der Waals surface area contributed by atoms with Crippen LogP contribution in [-0.4, -0.2) is 39.2 Å². The standard InChI is InChI=1S/C29H26F2N6O5/c1-4-36-16-22(28(40)37(29(36)41)20-8-5-18(30)6-9-20)27(39)34-19-7-10-25(23(31)13-19)42-26-14-21(35(3)17(2)38)15-33-24(26)11-12-32/h5-10,12-16,32H,4,11H2,1-3H3,(H,34,39). The molecule has 0 radical (unpaired) electrons. The Kier molecular flexibility index (Phi) is 8.70. The second-order valence-electron chi connectivity index (χ2n) is 9.05. The molecule has 0 aliphatic carbocycles. The maximum atomic E-state index is 15.1. The number of benzene rings is 2. The van der Waals surface area contributed by atoms with Crippen molar-refractivity contribution in [3.8, 4) is 17.2 Å². The van der Waals surface area contributed by atoms with Crippen molar-refractivity contribution in [3.05, 3.63) is 105 Å². The molecule has 0 unspecified atom stereocenters. The lowest BCUT2D eigenvalue weighted by Crippen LogP contribution is -2.42. The van der Waals surface area contributed by atoms with Crippen LogP contribution in [0.1, 0.15) is 29.9 Å². The molecule has 2 amide bonds. The number of aromatic nitrogens is 3. The fourth-order valence-corrected chi connectivity index (χ4v) is 3.95. The van der Waals surface area contributed by atoms with E-state index in [0.29, 0.717) is 11.4 Å². The van der Waals surface area contributed by atoms with Gasteiger partial charge in [0, 0.05) is 57.2 Å². The maximum absolute atomic E-state index is 15.1. The molecule has 0 atom stereocenters. The molecular weight excluding hydrogens is 550 g/mol. The molecule has 4 aromatic rings. The summed E-state index contributed by atoms with van der Waals surface area (Å²) in [5.41, 5.74) is -1.23. The van der Waals surface area contributed by atoms with Crippen molar-refractivity contribution in [3.63, 3.8) is 0 Å². The Morgan fingerprint density at radius 2 is 1.81 bits per heavy atom. The Labute approximate surface area is 238 Å². The molecule has 0 fully saturated rings. The van der Waals surface area contributed by atoms with Crippen molar-refractivity contribution in [1.29, 1.82) is 5.41 Å². The van der Waals surface area contributed by atoms with Gasteiger partial charge in [-0.05, 0) is 43.3 Å². The third-order valence-corrected chi connectivity index (χ3v) is 6.31. The van der Waals surface area contributed by atoms with Gasteiger partial charge in [0.25, 0.3) is 11.5 Å². The van der Waals surface area contributed by atoms with Crippen LogP contribution in [0.3, 0.4) is 0 Å². The minimum atomic E-state index is -0.934. The predicted molar refractivity (Wildman–Crippen MR) is 152 cm³/mol. The van der Waals surface area contributed by atoms with E-state index in [4.69, 9.17) is 10.1 Å². The average molecular weight is 577 g/mol. The summed E-state index contributed by atoms with van der Waals surface area (Å²) in [4.78, 5) is 56.4. The Bertz CT molecular complexity index is 1800. The zero-order chi connectivity index (χ0) is 30.6. The summed E-state index contributed by atoms with van der Waals surface area (Å²) < 4.78 is 36.2. The van der Waals surface area contributed by atoms with Gasteiger partial charge in [0.2, 0.25) is 5.91 Å². The van der Waals surface area contributed by atoms with Gasteiger partial charge in [0.1, 0.15) is 11.4 Å². The molecule has 11 nitrogen and oxygen atoms in total. The highest BCUT2D eigenvalue weighted by molar-refractivity contribution is 6.03. The van der Waals surface area contributed by atoms with Gasteiger partial charge < -0.3 is 20.4 Å². The van der Waals surface area contributed by atoms with Gasteiger partial charge in [-0.25, -0.2) is 18.1 Å². The topological polar surface area (TPSA) is 139 Å². The lowest BCUT2D eigenvalue weighted by Gasteiger charge is -2.17. The molecule has 216 valence electrons. The van der Waals surface area contributed by atoms with Crippen LogP contribution in [-0.2, 0) is 17.8 Å². The second-order valence-corrected chi connectivity index (χ2v) is 9.05. The number of ether oxygens (including phenoxy) is 1. The molecule has 0 saturated heterocycles. The highest BCUT2D eigenvalue weighted by Gasteiger charge is 2.20. The molecule has 2 aromatic carbocycles. The molecule has 0 aliphatic heterocycles. The molecule has 0 saturated carbocycles. The first-order valence-electron chi connectivity index (χ1n) is 12.7. The maximum Gasteiger partial charge on any atom is 0.335 e. The Balaban J connectivity index is 1.63. The molecule has 4 rings (SSSR count). The molecule has 2 N–H and O–H groups in total. The first-order chi connectivity index (χ1) is 20.0. The van der Waals surface area contributed by atoms with Crippen molar-refractivity contribution in [1.82, 2.24) is 14.1 Å². The van der Waals surface area contributed by atoms with Gasteiger partial charge in [-0.15, -0.1) is 0 Å². The van der Waals surface area contributed by atoms with Crippen molar-refractivity contribution < 1.29 is 23.1 Å². The first kappa shape index (κ1) is 29.5. The van der Waals surface area contributed by atoms with Gasteiger partial charge in [0.05, 0.1) is 23.3 Å². The average Bonchev–Trinajstić information content (AvgIpc) is 2.96. The number of carbonyl (C=O) groups excluding carboxylic acids is 2. The lowest BCUT2D eigenvalue weighted by molar-refractivity contribution is -0.116. The molecule has 42 heavy (non-hydrogen) atoms. The van der Waals surface area contributed by atoms with E-state index in [0.717, 1.165) is 39.7 Å². The summed E-state index contributed by atoms with van der Waals surface area (Å²) in [6.07, 6.45) is 3.75. The lowest BCUT2D eigenvalue weighted by atomic mass is 10.2. The highest BCUT2D eigenvalue weighted by atomic mass is 19.1. The highest BCUT2D eigenvalue weighted by Crippen LogP contribution is 2.31. The summed E-state index contributed by atoms with van der Waals surface area (Å²) in [5.74, 6) is -2.67. The van der Waals surface area contributed by atoms with E-state index in [1.165, 1.54) is 48.4 Å². The molecule has 0 aliphatic rings. The number of halogens is 2. The SMILES string of the molecule is CCn1cc(C(=O)Nc2ccc(Oc3cc(N(C)C(C)=O)cnc3CC=N)c(F)c2)c(=O)n(-c2ccc(F)cc2)c1=O. The summed E-state index contributed by atoms with van der Waals surface area (Å²) >= 11 is 0. The number of hydrogen-bond acceptors (Lipinski definition) is 7. The van der Waals surface area contributed by atoms with Crippen LogP contribution in [0.25, 0.3) is 5.69 Å². The predicted octanol–water partition coefficient (Wildman–Crippen LogP) is 3.91. The van der Waals surface area contributed by atoms with Gasteiger partial charge in [-0.2, -0.15) is 0 Å². The Morgan fingerprint density at radius 1 is 1.10 bits per heavy atom. The summed E-state index contributed by atoms with van der Waals surface area (Å²) in [6.45, 7) is 3.15. The molecular formula is C29H26F2N6O5. The number of anilines is 2. The van der Waals surface area contributed by atoms with Crippen molar-refractivity contribution in [2.75, 3.05) is 17.3 Å². The minimum absolute atomic E-state index is 0.00488. The number of carbonyl (C=O) groups is 2. The van der Waals surface area contributed by atoms with Crippen molar-refractivity contribution >= 4 is 29.4 Å². The number of pyridine rings is 1. The Hall–Kier alpha value is -5.46. The van der Waals surface area contributed by atoms with Gasteiger partial charge in [0.15, 0.2) is 17.3 Å².